The number of rotatable bonds is 30. The first kappa shape index (κ1) is 95.1. The second-order valence-electron chi connectivity index (χ2n) is 25.4. The zero-order valence-corrected chi connectivity index (χ0v) is 71.8. The van der Waals surface area contributed by atoms with Crippen LogP contribution in [-0.4, -0.2) is 429 Å². The van der Waals surface area contributed by atoms with Gasteiger partial charge < -0.3 is 0 Å². The summed E-state index contributed by atoms with van der Waals surface area (Å²) in [6, 6.07) is 0. The Bertz CT molecular complexity index is 2620. The van der Waals surface area contributed by atoms with Gasteiger partial charge in [0.05, 0.1) is 0 Å². The third-order valence-electron chi connectivity index (χ3n) is 15.8. The van der Waals surface area contributed by atoms with E-state index in [-0.39, 0.29) is 0 Å². The molecular weight excluding hydrogens is 1480 g/mol. The maximum absolute atomic E-state index is 15.7. The topological polar surface area (TPSA) is 298 Å². The normalized spacial score (nSPS) is 15.3. The molecule has 0 aliphatic heterocycles. The molecule has 6 rings (SSSR count). The molecule has 0 bridgehead atoms. The summed E-state index contributed by atoms with van der Waals surface area (Å²) in [6.07, 6.45) is 17.3. The molecule has 6 aromatic rings. The van der Waals surface area contributed by atoms with E-state index < -0.39 is 45.6 Å². The van der Waals surface area contributed by atoms with Crippen LogP contribution in [0.2, 0.25) is 0 Å². The van der Waals surface area contributed by atoms with Crippen molar-refractivity contribution in [1.29, 1.82) is 0 Å². The zero-order valence-electron chi connectivity index (χ0n) is 66.4. The summed E-state index contributed by atoms with van der Waals surface area (Å²) in [5.41, 5.74) is 0. The fourth-order valence-corrected chi connectivity index (χ4v) is 27.8. The quantitative estimate of drug-likeness (QED) is 0.0462. The molecule has 6 aromatic heterocycles. The van der Waals surface area contributed by atoms with Gasteiger partial charge in [-0.25, -0.2) is 0 Å². The van der Waals surface area contributed by atoms with E-state index >= 15 is 25.2 Å². The summed E-state index contributed by atoms with van der Waals surface area (Å²) < 4.78 is 153. The Labute approximate surface area is 599 Å². The molecule has 42 nitrogen and oxygen atoms in total. The van der Waals surface area contributed by atoms with Gasteiger partial charge in [0.2, 0.25) is 0 Å². The number of hydrogen-bond donors (Lipinski definition) is 0. The Morgan fingerprint density at radius 3 is 0.304 bits per heavy atom. The van der Waals surface area contributed by atoms with E-state index in [1.54, 1.807) is 254 Å². The van der Waals surface area contributed by atoms with Crippen molar-refractivity contribution >= 4 is 45.6 Å². The first-order valence-electron chi connectivity index (χ1n) is 30.4. The van der Waals surface area contributed by atoms with Crippen LogP contribution in [0.5, 0.6) is 0 Å². The van der Waals surface area contributed by atoms with Crippen LogP contribution in [0.1, 0.15) is 0 Å². The van der Waals surface area contributed by atoms with E-state index in [0.717, 1.165) is 29.1 Å². The van der Waals surface area contributed by atoms with Crippen molar-refractivity contribution in [2.75, 3.05) is 254 Å². The summed E-state index contributed by atoms with van der Waals surface area (Å²) in [6.45, 7) is 0. The van der Waals surface area contributed by atoms with Gasteiger partial charge in [-0.05, 0) is 0 Å². The van der Waals surface area contributed by atoms with Crippen LogP contribution in [0, 0.1) is 0 Å². The average Bonchev–Trinajstić information content (AvgIpc) is 1.23. The van der Waals surface area contributed by atoms with Gasteiger partial charge in [0.1, 0.15) is 0 Å². The molecule has 0 saturated heterocycles. The zero-order chi connectivity index (χ0) is 79.8. The second-order valence-corrected chi connectivity index (χ2v) is 50.5. The molecule has 54 heteroatoms. The molecule has 600 valence electrons. The predicted octanol–water partition coefficient (Wildman–Crippen LogP) is 2.94. The first-order valence-corrected chi connectivity index (χ1v) is 41.8. The molecule has 0 unspecified atom stereocenters. The second kappa shape index (κ2) is 35.2. The molecule has 0 aliphatic carbocycles. The van der Waals surface area contributed by atoms with Crippen LogP contribution < -0.4 is 27.7 Å². The predicted molar refractivity (Wildman–Crippen MR) is 394 cm³/mol. The first-order chi connectivity index (χ1) is 46.4. The van der Waals surface area contributed by atoms with E-state index in [1.807, 2.05) is 0 Å². The molecule has 0 fully saturated rings. The molecule has 0 N–H and O–H groups in total. The molecule has 6 heterocycles. The molecule has 102 heavy (non-hydrogen) atoms. The molecule has 0 amide bonds. The summed E-state index contributed by atoms with van der Waals surface area (Å²) >= 11 is 0. The number of aromatic nitrogens is 18. The van der Waals surface area contributed by atoms with Gasteiger partial charge >= 0.3 is 602 Å². The van der Waals surface area contributed by atoms with Crippen LogP contribution in [-0.2, 0) is 0 Å². The minimum atomic E-state index is -4.36. The standard InChI is InChI=1S/6C8H20FN6OP/c6*1-12(2)17(9,13(3)4,14(5)6)16-15-8-7-10-11-15/h6*7-8H,1-6H3. The third kappa shape index (κ3) is 17.9. The fraction of sp³-hybridized carbons (Fsp3) is 0.750. The van der Waals surface area contributed by atoms with Crippen molar-refractivity contribution in [3.05, 3.63) is 74.4 Å². The van der Waals surface area contributed by atoms with Crippen molar-refractivity contribution in [2.45, 2.75) is 0 Å². The molecule has 0 spiro atoms. The Balaban J connectivity index is 0.000000612. The van der Waals surface area contributed by atoms with E-state index in [9.17, 15) is 0 Å². The van der Waals surface area contributed by atoms with Gasteiger partial charge in [-0.3, -0.25) is 0 Å². The van der Waals surface area contributed by atoms with Crippen molar-refractivity contribution in [2.24, 2.45) is 0 Å². The van der Waals surface area contributed by atoms with Gasteiger partial charge in [0.15, 0.2) is 0 Å². The Kier molecular flexibility index (Phi) is 32.8. The summed E-state index contributed by atoms with van der Waals surface area (Å²) in [5, 5.41) is 43.5. The van der Waals surface area contributed by atoms with Crippen LogP contribution in [0.25, 0.3) is 0 Å². The maximum atomic E-state index is 15.7. The molecule has 0 atom stereocenters. The number of hydrogen-bond acceptors (Lipinski definition) is 36. The molecular formula is C48H120F6N36O6P6. The van der Waals surface area contributed by atoms with E-state index in [4.69, 9.17) is 27.7 Å². The van der Waals surface area contributed by atoms with E-state index in [2.05, 4.69) is 61.9 Å². The van der Waals surface area contributed by atoms with Gasteiger partial charge in [0.25, 0.3) is 0 Å². The van der Waals surface area contributed by atoms with Crippen LogP contribution in [0.4, 0.5) is 25.2 Å². The summed E-state index contributed by atoms with van der Waals surface area (Å²) in [7, 11) is 32.7. The van der Waals surface area contributed by atoms with Crippen molar-refractivity contribution < 1.29 is 52.9 Å². The molecule has 0 aliphatic rings. The Morgan fingerprint density at radius 2 is 0.255 bits per heavy atom. The van der Waals surface area contributed by atoms with Crippen LogP contribution >= 0.6 is 45.6 Å². The van der Waals surface area contributed by atoms with Gasteiger partial charge in [-0.1, -0.05) is 0 Å². The van der Waals surface area contributed by atoms with Gasteiger partial charge in [0, 0.05) is 0 Å². The Morgan fingerprint density at radius 1 is 0.176 bits per heavy atom. The van der Waals surface area contributed by atoms with Crippen LogP contribution in [0.15, 0.2) is 74.4 Å². The van der Waals surface area contributed by atoms with Crippen molar-refractivity contribution in [3.8, 4) is 0 Å². The number of nitrogens with zero attached hydrogens (tertiary/aromatic N) is 36. The molecule has 0 aromatic carbocycles. The third-order valence-corrected chi connectivity index (χ3v) is 42.7. The average molecular weight is 1600 g/mol. The van der Waals surface area contributed by atoms with Crippen molar-refractivity contribution in [1.82, 2.24) is 175 Å². The van der Waals surface area contributed by atoms with E-state index in [0.29, 0.717) is 0 Å². The fourth-order valence-electron chi connectivity index (χ4n) is 10.1. The van der Waals surface area contributed by atoms with Crippen LogP contribution in [0.3, 0.4) is 0 Å². The summed E-state index contributed by atoms with van der Waals surface area (Å²) in [5.74, 6) is 0. The molecule has 0 saturated carbocycles. The van der Waals surface area contributed by atoms with Gasteiger partial charge in [-0.2, -0.15) is 0 Å². The summed E-state index contributed by atoms with van der Waals surface area (Å²) in [4.78, 5) is 6.24. The minimum absolute atomic E-state index is 1.04. The van der Waals surface area contributed by atoms with Gasteiger partial charge in [-0.15, -0.1) is 0 Å². The van der Waals surface area contributed by atoms with Crippen molar-refractivity contribution in [3.63, 3.8) is 0 Å². The molecule has 0 radical (unpaired) electrons. The van der Waals surface area contributed by atoms with E-state index in [1.165, 1.54) is 158 Å². The number of halogens is 6. The Hall–Kier alpha value is -4.92. The SMILES string of the molecule is CN(C)P(F)(On1ccnn1)(N(C)C)N(C)C.CN(C)P(F)(On1ccnn1)(N(C)C)N(C)C.CN(C)P(F)(On1ccnn1)(N(C)C)N(C)C.CN(C)P(F)(On1ccnn1)(N(C)C)N(C)C.CN(C)P(F)(On1ccnn1)(N(C)C)N(C)C.CN(C)P(F)(On1ccnn1)(N(C)C)N(C)C. The monoisotopic (exact) mass is 1600 g/mol.